The van der Waals surface area contributed by atoms with Gasteiger partial charge in [-0.1, -0.05) is 51.1 Å². The van der Waals surface area contributed by atoms with Crippen LogP contribution in [0.4, 0.5) is 24.5 Å². The molecule has 2 fully saturated rings. The van der Waals surface area contributed by atoms with Gasteiger partial charge in [0.05, 0.1) is 64.3 Å². The Hall–Kier alpha value is -6.68. The molecule has 71 heavy (non-hydrogen) atoms. The third-order valence-electron chi connectivity index (χ3n) is 12.6. The van der Waals surface area contributed by atoms with E-state index in [2.05, 4.69) is 10.3 Å². The number of ketones is 1. The van der Waals surface area contributed by atoms with Crippen LogP contribution in [0.15, 0.2) is 96.5 Å². The number of hydrogen-bond donors (Lipinski definition) is 2. The monoisotopic (exact) mass is 1010 g/mol. The number of carbonyl (C=O) groups is 4. The van der Waals surface area contributed by atoms with Crippen molar-refractivity contribution in [1.29, 1.82) is 5.26 Å². The van der Waals surface area contributed by atoms with Crippen molar-refractivity contribution in [3.05, 3.63) is 124 Å². The molecule has 3 atom stereocenters. The zero-order valence-electron chi connectivity index (χ0n) is 40.2. The Balaban J connectivity index is 0.884. The number of β-amino-alcohol motifs (C(OH)–C–C–N with tert-alkyl or cyclic N) is 1. The number of halogens is 3. The number of hydrogen-bond acceptors (Lipinski definition) is 11. The molecule has 2 N–H and O–H groups in total. The summed E-state index contributed by atoms with van der Waals surface area (Å²) in [6.45, 7) is 11.4. The normalized spacial score (nSPS) is 17.3. The number of nitriles is 1. The van der Waals surface area contributed by atoms with Crippen LogP contribution in [-0.4, -0.2) is 87.1 Å². The number of thiazole rings is 1. The van der Waals surface area contributed by atoms with E-state index in [1.807, 2.05) is 57.5 Å². The van der Waals surface area contributed by atoms with Crippen LogP contribution < -0.4 is 24.6 Å². The number of nitrogens with zero attached hydrogens (tertiary/aromatic N) is 5. The highest BCUT2D eigenvalue weighted by Crippen LogP contribution is 2.40. The number of alkyl halides is 3. The minimum absolute atomic E-state index is 0.0133. The quantitative estimate of drug-likeness (QED) is 0.0673. The van der Waals surface area contributed by atoms with Crippen molar-refractivity contribution in [2.24, 2.45) is 5.41 Å². The fourth-order valence-electron chi connectivity index (χ4n) is 8.69. The maximum Gasteiger partial charge on any atom is 0.417 e. The number of aromatic nitrogens is 1. The predicted molar refractivity (Wildman–Crippen MR) is 268 cm³/mol. The average Bonchev–Trinajstić information content (AvgIpc) is 4.00. The third-order valence-corrected chi connectivity index (χ3v) is 13.9. The molecule has 5 aromatic rings. The molecular weight excluding hydrogens is 954 g/mol. The standard InChI is InChI=1S/C53H55F3N6O7S2/c1-32-45(71-31-58-32)34-15-12-33(13-16-34)14-23-44(64)43-28-39(63)30-60(43)48(66)46(51(2,3)4)59-47(65)35-10-9-11-41(26-35)69-25-8-7-24-68-40-21-19-37(20-22-40)62-50(70)61(49(67)52(62,5)6)38-18-17-36(29-57)42(27-38)53(54,55)56/h9-13,15-22,26-27,31,39,43,46,63H,7-8,14,23-25,28,30H2,1-6H3,(H,59,65)/t39-,43+,46-/m1/s1. The zero-order valence-corrected chi connectivity index (χ0v) is 41.8. The molecule has 18 heteroatoms. The highest BCUT2D eigenvalue weighted by Gasteiger charge is 2.51. The molecule has 0 aliphatic carbocycles. The molecule has 2 saturated heterocycles. The molecule has 7 rings (SSSR count). The molecule has 3 amide bonds. The Morgan fingerprint density at radius 1 is 0.958 bits per heavy atom. The van der Waals surface area contributed by atoms with Crippen LogP contribution in [0.1, 0.15) is 93.0 Å². The fourth-order valence-corrected chi connectivity index (χ4v) is 10.0. The lowest BCUT2D eigenvalue weighted by Crippen LogP contribution is -2.56. The first-order chi connectivity index (χ1) is 33.6. The minimum atomic E-state index is -4.81. The summed E-state index contributed by atoms with van der Waals surface area (Å²) in [6.07, 6.45) is -3.67. The number of Topliss-reactive ketones (excluding diaryl/α,β-unsaturated/α-hetero) is 1. The fraction of sp³-hybridized carbons (Fsp3) is 0.377. The maximum absolute atomic E-state index is 14.2. The van der Waals surface area contributed by atoms with Crippen LogP contribution in [0.5, 0.6) is 11.5 Å². The number of benzene rings is 4. The van der Waals surface area contributed by atoms with Gasteiger partial charge in [0, 0.05) is 30.6 Å². The largest absolute Gasteiger partial charge is 0.494 e. The van der Waals surface area contributed by atoms with E-state index in [4.69, 9.17) is 21.7 Å². The Bertz CT molecular complexity index is 2840. The molecule has 0 spiro atoms. The first kappa shape index (κ1) is 52.2. The molecule has 0 saturated carbocycles. The molecule has 0 radical (unpaired) electrons. The first-order valence-electron chi connectivity index (χ1n) is 23.2. The summed E-state index contributed by atoms with van der Waals surface area (Å²) in [4.78, 5) is 64.6. The van der Waals surface area contributed by atoms with Crippen LogP contribution in [0.3, 0.4) is 0 Å². The summed E-state index contributed by atoms with van der Waals surface area (Å²) in [6, 6.07) is 24.2. The molecule has 0 bridgehead atoms. The van der Waals surface area contributed by atoms with Gasteiger partial charge in [-0.15, -0.1) is 11.3 Å². The van der Waals surface area contributed by atoms with Crippen molar-refractivity contribution < 1.29 is 46.9 Å². The van der Waals surface area contributed by atoms with Crippen molar-refractivity contribution in [2.75, 3.05) is 29.6 Å². The smallest absolute Gasteiger partial charge is 0.417 e. The molecule has 2 aliphatic heterocycles. The summed E-state index contributed by atoms with van der Waals surface area (Å²) < 4.78 is 53.2. The number of amides is 3. The highest BCUT2D eigenvalue weighted by atomic mass is 32.1. The summed E-state index contributed by atoms with van der Waals surface area (Å²) >= 11 is 7.21. The summed E-state index contributed by atoms with van der Waals surface area (Å²) in [5.41, 5.74) is 1.81. The lowest BCUT2D eigenvalue weighted by Gasteiger charge is -2.35. The molecule has 2 aliphatic rings. The van der Waals surface area contributed by atoms with Crippen LogP contribution in [0.25, 0.3) is 10.4 Å². The number of aliphatic hydroxyl groups is 1. The molecule has 372 valence electrons. The van der Waals surface area contributed by atoms with Crippen molar-refractivity contribution in [3.8, 4) is 28.0 Å². The Morgan fingerprint density at radius 3 is 2.24 bits per heavy atom. The van der Waals surface area contributed by atoms with E-state index in [9.17, 15) is 42.7 Å². The lowest BCUT2D eigenvalue weighted by molar-refractivity contribution is -0.141. The maximum atomic E-state index is 14.2. The third kappa shape index (κ3) is 11.8. The van der Waals surface area contributed by atoms with Crippen molar-refractivity contribution >= 4 is 63.5 Å². The number of thiocarbonyl (C=S) groups is 1. The molecule has 4 aromatic carbocycles. The molecular formula is C53H55F3N6O7S2. The van der Waals surface area contributed by atoms with Crippen LogP contribution in [0.2, 0.25) is 0 Å². The van der Waals surface area contributed by atoms with Crippen molar-refractivity contribution in [3.63, 3.8) is 0 Å². The van der Waals surface area contributed by atoms with Crippen molar-refractivity contribution in [2.45, 2.75) is 104 Å². The summed E-state index contributed by atoms with van der Waals surface area (Å²) in [5, 5.41) is 22.8. The number of carbonyl (C=O) groups excluding carboxylic acids is 4. The number of rotatable bonds is 17. The van der Waals surface area contributed by atoms with Gasteiger partial charge in [0.2, 0.25) is 5.91 Å². The lowest BCUT2D eigenvalue weighted by atomic mass is 9.85. The Morgan fingerprint density at radius 2 is 1.62 bits per heavy atom. The summed E-state index contributed by atoms with van der Waals surface area (Å²) in [7, 11) is 0. The van der Waals surface area contributed by atoms with Crippen LogP contribution in [-0.2, 0) is 27.0 Å². The van der Waals surface area contributed by atoms with Gasteiger partial charge in [0.15, 0.2) is 10.9 Å². The van der Waals surface area contributed by atoms with E-state index < -0.39 is 64.2 Å². The van der Waals surface area contributed by atoms with E-state index in [-0.39, 0.29) is 41.5 Å². The molecule has 13 nitrogen and oxygen atoms in total. The van der Waals surface area contributed by atoms with Crippen LogP contribution >= 0.6 is 23.6 Å². The topological polar surface area (TPSA) is 165 Å². The average molecular weight is 1010 g/mol. The van der Waals surface area contributed by atoms with E-state index in [0.717, 1.165) is 38.7 Å². The number of aliphatic hydroxyl groups excluding tert-OH is 1. The van der Waals surface area contributed by atoms with Crippen molar-refractivity contribution in [1.82, 2.24) is 15.2 Å². The Kier molecular flexibility index (Phi) is 15.7. The van der Waals surface area contributed by atoms with Crippen LogP contribution in [0, 0.1) is 23.7 Å². The first-order valence-corrected chi connectivity index (χ1v) is 24.4. The van der Waals surface area contributed by atoms with E-state index in [1.54, 1.807) is 84.7 Å². The number of likely N-dealkylation sites (tertiary alicyclic amines) is 1. The second kappa shape index (κ2) is 21.4. The predicted octanol–water partition coefficient (Wildman–Crippen LogP) is 9.47. The number of unbranched alkanes of at least 4 members (excludes halogenated alkanes) is 1. The van der Waals surface area contributed by atoms with E-state index in [1.165, 1.54) is 11.0 Å². The second-order valence-electron chi connectivity index (χ2n) is 19.2. The van der Waals surface area contributed by atoms with Gasteiger partial charge in [-0.2, -0.15) is 18.4 Å². The van der Waals surface area contributed by atoms with Gasteiger partial charge >= 0.3 is 6.18 Å². The van der Waals surface area contributed by atoms with Gasteiger partial charge in [0.1, 0.15) is 23.1 Å². The zero-order chi connectivity index (χ0) is 51.4. The summed E-state index contributed by atoms with van der Waals surface area (Å²) in [5.74, 6) is -0.620. The van der Waals surface area contributed by atoms with E-state index >= 15 is 0 Å². The van der Waals surface area contributed by atoms with Gasteiger partial charge < -0.3 is 29.7 Å². The SMILES string of the molecule is Cc1ncsc1-c1ccc(CCC(=O)[C@@H]2C[C@@H](O)CN2C(=O)[C@@H](NC(=O)c2cccc(OCCCCOc3ccc(N4C(=S)N(c5ccc(C#N)c(C(F)(F)F)c5)C(=O)C4(C)C)cc3)c2)C(C)(C)C)cc1. The number of nitrogens with one attached hydrogen (secondary N) is 1. The van der Waals surface area contributed by atoms with E-state index in [0.29, 0.717) is 49.7 Å². The number of anilines is 2. The highest BCUT2D eigenvalue weighted by molar-refractivity contribution is 7.81. The van der Waals surface area contributed by atoms with Gasteiger partial charge in [0.25, 0.3) is 11.8 Å². The molecule has 0 unspecified atom stereocenters. The van der Waals surface area contributed by atoms with Gasteiger partial charge in [-0.25, -0.2) is 4.98 Å². The molecule has 3 heterocycles. The van der Waals surface area contributed by atoms with Gasteiger partial charge in [-0.3, -0.25) is 24.1 Å². The molecule has 1 aromatic heterocycles. The minimum Gasteiger partial charge on any atom is -0.494 e. The number of ether oxygens (including phenoxy) is 2. The Labute approximate surface area is 420 Å². The van der Waals surface area contributed by atoms with Gasteiger partial charge in [-0.05, 0) is 129 Å². The second-order valence-corrected chi connectivity index (χ2v) is 20.4. The number of aryl methyl sites for hydroxylation is 2.